The molecule has 0 aliphatic heterocycles. The van der Waals surface area contributed by atoms with Gasteiger partial charge in [-0.05, 0) is 31.9 Å². The molecule has 0 aliphatic carbocycles. The smallest absolute Gasteiger partial charge is 0.174 e. The Morgan fingerprint density at radius 3 is 2.79 bits per heavy atom. The summed E-state index contributed by atoms with van der Waals surface area (Å²) in [7, 11) is 1.99. The number of nitrogens with zero attached hydrogens (tertiary/aromatic N) is 6. The zero-order chi connectivity index (χ0) is 13.4. The molecule has 19 heavy (non-hydrogen) atoms. The number of aromatic nitrogens is 7. The number of aryl methyl sites for hydroxylation is 5. The molecule has 0 radical (unpaired) electrons. The summed E-state index contributed by atoms with van der Waals surface area (Å²) in [6.07, 6.45) is 1.52. The van der Waals surface area contributed by atoms with E-state index in [4.69, 9.17) is 0 Å². The van der Waals surface area contributed by atoms with Gasteiger partial charge in [0.05, 0.1) is 0 Å². The first-order valence-corrected chi connectivity index (χ1v) is 6.17. The molecule has 0 saturated carbocycles. The number of rotatable bonds is 3. The van der Waals surface area contributed by atoms with Gasteiger partial charge in [0.15, 0.2) is 11.5 Å². The number of nitrogens with one attached hydrogen (secondary N) is 1. The normalized spacial score (nSPS) is 11.3. The van der Waals surface area contributed by atoms with E-state index in [0.717, 1.165) is 41.1 Å². The van der Waals surface area contributed by atoms with Crippen LogP contribution in [0.5, 0.6) is 0 Å². The van der Waals surface area contributed by atoms with Crippen molar-refractivity contribution in [3.63, 3.8) is 0 Å². The predicted octanol–water partition coefficient (Wildman–Crippen LogP) is 0.883. The van der Waals surface area contributed by atoms with E-state index in [2.05, 4.69) is 43.6 Å². The standard InChI is InChI=1S/C12H15N7/c1-7-6-9(4-5-10-15-17-18-16-10)14-12-11(7)13-8(2)19(12)3/h6H,4-5H2,1-3H3,(H,15,16,17,18). The molecule has 98 valence electrons. The van der Waals surface area contributed by atoms with Gasteiger partial charge in [0.25, 0.3) is 0 Å². The van der Waals surface area contributed by atoms with Crippen LogP contribution in [0.25, 0.3) is 11.2 Å². The zero-order valence-electron chi connectivity index (χ0n) is 11.2. The molecule has 0 atom stereocenters. The predicted molar refractivity (Wildman–Crippen MR) is 69.6 cm³/mol. The van der Waals surface area contributed by atoms with Gasteiger partial charge in [-0.25, -0.2) is 9.97 Å². The fourth-order valence-electron chi connectivity index (χ4n) is 2.13. The molecule has 0 unspecified atom stereocenters. The van der Waals surface area contributed by atoms with E-state index in [1.54, 1.807) is 0 Å². The number of hydrogen-bond acceptors (Lipinski definition) is 5. The molecule has 3 heterocycles. The number of imidazole rings is 1. The maximum Gasteiger partial charge on any atom is 0.174 e. The Hall–Kier alpha value is -2.31. The lowest BCUT2D eigenvalue weighted by Gasteiger charge is -2.03. The Bertz CT molecular complexity index is 711. The Kier molecular flexibility index (Phi) is 2.73. The third kappa shape index (κ3) is 2.07. The molecule has 0 amide bonds. The van der Waals surface area contributed by atoms with Gasteiger partial charge in [-0.2, -0.15) is 5.21 Å². The van der Waals surface area contributed by atoms with Crippen molar-refractivity contribution in [1.29, 1.82) is 0 Å². The lowest BCUT2D eigenvalue weighted by atomic mass is 10.1. The van der Waals surface area contributed by atoms with Gasteiger partial charge in [0.1, 0.15) is 11.3 Å². The Balaban J connectivity index is 1.94. The number of H-pyrrole nitrogens is 1. The lowest BCUT2D eigenvalue weighted by molar-refractivity contribution is 0.830. The summed E-state index contributed by atoms with van der Waals surface area (Å²) < 4.78 is 2.01. The van der Waals surface area contributed by atoms with Crippen LogP contribution in [0.4, 0.5) is 0 Å². The minimum atomic E-state index is 0.709. The maximum absolute atomic E-state index is 4.67. The zero-order valence-corrected chi connectivity index (χ0v) is 11.2. The van der Waals surface area contributed by atoms with E-state index >= 15 is 0 Å². The van der Waals surface area contributed by atoms with Crippen molar-refractivity contribution < 1.29 is 0 Å². The highest BCUT2D eigenvalue weighted by molar-refractivity contribution is 5.75. The summed E-state index contributed by atoms with van der Waals surface area (Å²) in [4.78, 5) is 9.19. The average Bonchev–Trinajstić information content (AvgIpc) is 2.99. The van der Waals surface area contributed by atoms with Gasteiger partial charge >= 0.3 is 0 Å². The van der Waals surface area contributed by atoms with Crippen molar-refractivity contribution in [3.8, 4) is 0 Å². The first kappa shape index (κ1) is 11.8. The number of hydrogen-bond donors (Lipinski definition) is 1. The minimum Gasteiger partial charge on any atom is -0.316 e. The third-order valence-electron chi connectivity index (χ3n) is 3.29. The molecular formula is C12H15N7. The van der Waals surface area contributed by atoms with Crippen molar-refractivity contribution in [2.75, 3.05) is 0 Å². The second kappa shape index (κ2) is 4.42. The van der Waals surface area contributed by atoms with E-state index < -0.39 is 0 Å². The topological polar surface area (TPSA) is 85.2 Å². The van der Waals surface area contributed by atoms with E-state index in [0.29, 0.717) is 5.82 Å². The number of fused-ring (bicyclic) bond motifs is 1. The molecule has 7 heteroatoms. The molecule has 0 fully saturated rings. The van der Waals surface area contributed by atoms with E-state index in [9.17, 15) is 0 Å². The highest BCUT2D eigenvalue weighted by Crippen LogP contribution is 2.18. The molecule has 0 bridgehead atoms. The highest BCUT2D eigenvalue weighted by Gasteiger charge is 2.10. The van der Waals surface area contributed by atoms with Crippen LogP contribution < -0.4 is 0 Å². The van der Waals surface area contributed by atoms with Crippen molar-refractivity contribution in [3.05, 3.63) is 29.0 Å². The van der Waals surface area contributed by atoms with E-state index in [-0.39, 0.29) is 0 Å². The van der Waals surface area contributed by atoms with Crippen LogP contribution >= 0.6 is 0 Å². The average molecular weight is 257 g/mol. The van der Waals surface area contributed by atoms with E-state index in [1.807, 2.05) is 18.5 Å². The van der Waals surface area contributed by atoms with Crippen molar-refractivity contribution in [1.82, 2.24) is 35.2 Å². The van der Waals surface area contributed by atoms with Crippen LogP contribution in [0.1, 0.15) is 22.9 Å². The Morgan fingerprint density at radius 2 is 2.05 bits per heavy atom. The fraction of sp³-hybridized carbons (Fsp3) is 0.417. The largest absolute Gasteiger partial charge is 0.316 e. The molecule has 0 saturated heterocycles. The van der Waals surface area contributed by atoms with Crippen LogP contribution in [-0.4, -0.2) is 35.2 Å². The van der Waals surface area contributed by atoms with Crippen molar-refractivity contribution >= 4 is 11.2 Å². The SMILES string of the molecule is Cc1cc(CCc2nn[nH]n2)nc2c1nc(C)n2C. The first-order valence-electron chi connectivity index (χ1n) is 6.17. The van der Waals surface area contributed by atoms with E-state index in [1.165, 1.54) is 0 Å². The fourth-order valence-corrected chi connectivity index (χ4v) is 2.13. The monoisotopic (exact) mass is 257 g/mol. The van der Waals surface area contributed by atoms with Gasteiger partial charge in [-0.3, -0.25) is 0 Å². The Morgan fingerprint density at radius 1 is 1.21 bits per heavy atom. The summed E-state index contributed by atoms with van der Waals surface area (Å²) >= 11 is 0. The summed E-state index contributed by atoms with van der Waals surface area (Å²) in [5.41, 5.74) is 4.08. The first-order chi connectivity index (χ1) is 9.15. The number of tetrazole rings is 1. The molecule has 0 aromatic carbocycles. The lowest BCUT2D eigenvalue weighted by Crippen LogP contribution is -2.00. The number of pyridine rings is 1. The summed E-state index contributed by atoms with van der Waals surface area (Å²) in [5.74, 6) is 1.68. The molecule has 3 aromatic rings. The van der Waals surface area contributed by atoms with Crippen molar-refractivity contribution in [2.24, 2.45) is 7.05 Å². The minimum absolute atomic E-state index is 0.709. The summed E-state index contributed by atoms with van der Waals surface area (Å²) in [6.45, 7) is 4.05. The van der Waals surface area contributed by atoms with Crippen LogP contribution in [0.3, 0.4) is 0 Å². The van der Waals surface area contributed by atoms with Gasteiger partial charge in [-0.1, -0.05) is 5.21 Å². The Labute approximate surface area is 110 Å². The maximum atomic E-state index is 4.67. The molecule has 1 N–H and O–H groups in total. The molecular weight excluding hydrogens is 242 g/mol. The van der Waals surface area contributed by atoms with Crippen LogP contribution in [-0.2, 0) is 19.9 Å². The van der Waals surface area contributed by atoms with Crippen LogP contribution in [0, 0.1) is 13.8 Å². The quantitative estimate of drug-likeness (QED) is 0.753. The highest BCUT2D eigenvalue weighted by atomic mass is 15.5. The van der Waals surface area contributed by atoms with Gasteiger partial charge in [0.2, 0.25) is 0 Å². The number of aromatic amines is 1. The summed E-state index contributed by atoms with van der Waals surface area (Å²) in [5, 5.41) is 13.9. The van der Waals surface area contributed by atoms with Crippen LogP contribution in [0.2, 0.25) is 0 Å². The van der Waals surface area contributed by atoms with Crippen molar-refractivity contribution in [2.45, 2.75) is 26.7 Å². The molecule has 3 aromatic heterocycles. The third-order valence-corrected chi connectivity index (χ3v) is 3.29. The molecule has 7 nitrogen and oxygen atoms in total. The second-order valence-electron chi connectivity index (χ2n) is 4.65. The molecule has 0 spiro atoms. The van der Waals surface area contributed by atoms with Gasteiger partial charge in [-0.15, -0.1) is 10.2 Å². The molecule has 3 rings (SSSR count). The second-order valence-corrected chi connectivity index (χ2v) is 4.65. The summed E-state index contributed by atoms with van der Waals surface area (Å²) in [6, 6.07) is 2.08. The van der Waals surface area contributed by atoms with Gasteiger partial charge in [0, 0.05) is 19.2 Å². The van der Waals surface area contributed by atoms with Gasteiger partial charge < -0.3 is 4.57 Å². The van der Waals surface area contributed by atoms with Crippen LogP contribution in [0.15, 0.2) is 6.07 Å². The molecule has 0 aliphatic rings.